The van der Waals surface area contributed by atoms with Gasteiger partial charge in [-0.05, 0) is 67.8 Å². The van der Waals surface area contributed by atoms with Gasteiger partial charge in [0.2, 0.25) is 6.41 Å². The van der Waals surface area contributed by atoms with Crippen molar-refractivity contribution in [3.05, 3.63) is 59.4 Å². The van der Waals surface area contributed by atoms with Crippen LogP contribution in [0.5, 0.6) is 5.75 Å². The van der Waals surface area contributed by atoms with Crippen LogP contribution in [0.25, 0.3) is 21.9 Å². The molecule has 2 aromatic carbocycles. The molecule has 168 valence electrons. The quantitative estimate of drug-likeness (QED) is 0.456. The van der Waals surface area contributed by atoms with E-state index in [0.717, 1.165) is 47.8 Å². The first-order chi connectivity index (χ1) is 15.5. The monoisotopic (exact) mass is 453 g/mol. The predicted molar refractivity (Wildman–Crippen MR) is 128 cm³/mol. The third-order valence-electron chi connectivity index (χ3n) is 5.57. The molecule has 0 radical (unpaired) electrons. The Bertz CT molecular complexity index is 1100. The van der Waals surface area contributed by atoms with E-state index in [2.05, 4.69) is 29.8 Å². The Hall–Kier alpha value is -3.12. The number of benzene rings is 2. The molecule has 1 unspecified atom stereocenters. The number of aromatic nitrogens is 1. The summed E-state index contributed by atoms with van der Waals surface area (Å²) < 4.78 is 5.98. The van der Waals surface area contributed by atoms with E-state index in [-0.39, 0.29) is 12.3 Å². The Morgan fingerprint density at radius 1 is 1.12 bits per heavy atom. The lowest BCUT2D eigenvalue weighted by atomic mass is 9.97. The zero-order valence-corrected chi connectivity index (χ0v) is 19.1. The Morgan fingerprint density at radius 3 is 2.50 bits per heavy atom. The lowest BCUT2D eigenvalue weighted by Crippen LogP contribution is -2.43. The van der Waals surface area contributed by atoms with Crippen LogP contribution in [0.3, 0.4) is 0 Å². The van der Waals surface area contributed by atoms with Crippen LogP contribution >= 0.6 is 11.6 Å². The Balaban J connectivity index is 0.000000913. The molecule has 1 saturated heterocycles. The molecule has 32 heavy (non-hydrogen) atoms. The molecule has 1 aliphatic heterocycles. The molecule has 7 heteroatoms. The van der Waals surface area contributed by atoms with Gasteiger partial charge >= 0.3 is 0 Å². The molecule has 3 aromatic rings. The van der Waals surface area contributed by atoms with E-state index in [4.69, 9.17) is 21.1 Å². The van der Waals surface area contributed by atoms with Gasteiger partial charge < -0.3 is 15.4 Å². The molecule has 6 nitrogen and oxygen atoms in total. The van der Waals surface area contributed by atoms with Crippen LogP contribution < -0.4 is 10.5 Å². The average Bonchev–Trinajstić information content (AvgIpc) is 2.81. The predicted octanol–water partition coefficient (Wildman–Crippen LogP) is 4.74. The first-order valence-electron chi connectivity index (χ1n) is 10.7. The number of carbonyl (C=O) groups excluding carboxylic acids is 2. The topological polar surface area (TPSA) is 85.5 Å². The second kappa shape index (κ2) is 11.0. The third kappa shape index (κ3) is 5.37. The number of ether oxygens (including phenoxy) is 1. The van der Waals surface area contributed by atoms with Gasteiger partial charge in [-0.25, -0.2) is 4.98 Å². The van der Waals surface area contributed by atoms with Crippen LogP contribution in [0.2, 0.25) is 5.15 Å². The van der Waals surface area contributed by atoms with Crippen LogP contribution in [0.4, 0.5) is 0 Å². The van der Waals surface area contributed by atoms with E-state index in [1.165, 1.54) is 12.0 Å². The molecule has 0 bridgehead atoms. The number of primary amides is 1. The second-order valence-corrected chi connectivity index (χ2v) is 8.13. The van der Waals surface area contributed by atoms with Crippen LogP contribution in [-0.4, -0.2) is 41.4 Å². The molecule has 1 atom stereocenters. The number of nitrogens with zero attached hydrogens (tertiary/aromatic N) is 2. The SMILES string of the molecule is Cc1ccccc1-c1cnc(Cl)c2cc(OC(C)C(=O)N3CCCCC3)ccc12.NC=O. The van der Waals surface area contributed by atoms with Crippen molar-refractivity contribution in [2.45, 2.75) is 39.2 Å². The van der Waals surface area contributed by atoms with Crippen molar-refractivity contribution >= 4 is 34.7 Å². The first-order valence-corrected chi connectivity index (χ1v) is 11.1. The smallest absolute Gasteiger partial charge is 0.263 e. The fraction of sp³-hybridized carbons (Fsp3) is 0.320. The minimum atomic E-state index is -0.531. The highest BCUT2D eigenvalue weighted by Gasteiger charge is 2.23. The summed E-state index contributed by atoms with van der Waals surface area (Å²) in [5.41, 5.74) is 7.51. The van der Waals surface area contributed by atoms with Crippen LogP contribution in [0.15, 0.2) is 48.7 Å². The second-order valence-electron chi connectivity index (χ2n) is 7.77. The molecule has 4 rings (SSSR count). The van der Waals surface area contributed by atoms with E-state index in [1.54, 1.807) is 0 Å². The first kappa shape index (κ1) is 23.5. The van der Waals surface area contributed by atoms with Crippen molar-refractivity contribution in [3.63, 3.8) is 0 Å². The molecule has 0 aliphatic carbocycles. The van der Waals surface area contributed by atoms with Gasteiger partial charge in [-0.2, -0.15) is 0 Å². The average molecular weight is 454 g/mol. The minimum Gasteiger partial charge on any atom is -0.481 e. The highest BCUT2D eigenvalue weighted by atomic mass is 35.5. The zero-order valence-electron chi connectivity index (χ0n) is 18.4. The number of carbonyl (C=O) groups is 2. The van der Waals surface area contributed by atoms with Crippen LogP contribution in [0.1, 0.15) is 31.7 Å². The molecule has 1 fully saturated rings. The number of hydrogen-bond acceptors (Lipinski definition) is 4. The van der Waals surface area contributed by atoms with Crippen LogP contribution in [0, 0.1) is 6.92 Å². The molecule has 0 saturated carbocycles. The number of pyridine rings is 1. The fourth-order valence-corrected chi connectivity index (χ4v) is 4.18. The summed E-state index contributed by atoms with van der Waals surface area (Å²) in [5.74, 6) is 0.670. The van der Waals surface area contributed by atoms with Crippen molar-refractivity contribution in [2.24, 2.45) is 5.73 Å². The molecule has 0 spiro atoms. The maximum atomic E-state index is 12.7. The fourth-order valence-electron chi connectivity index (χ4n) is 3.98. The van der Waals surface area contributed by atoms with Gasteiger partial charge in [0.1, 0.15) is 10.9 Å². The summed E-state index contributed by atoms with van der Waals surface area (Å²) in [6, 6.07) is 14.0. The van der Waals surface area contributed by atoms with E-state index in [9.17, 15) is 4.79 Å². The van der Waals surface area contributed by atoms with Crippen molar-refractivity contribution < 1.29 is 14.3 Å². The van der Waals surface area contributed by atoms with E-state index in [0.29, 0.717) is 10.9 Å². The van der Waals surface area contributed by atoms with Crippen molar-refractivity contribution in [3.8, 4) is 16.9 Å². The van der Waals surface area contributed by atoms with Crippen molar-refractivity contribution in [2.75, 3.05) is 13.1 Å². The summed E-state index contributed by atoms with van der Waals surface area (Å²) >= 11 is 6.41. The number of aryl methyl sites for hydroxylation is 1. The van der Waals surface area contributed by atoms with Crippen molar-refractivity contribution in [1.29, 1.82) is 0 Å². The molecule has 1 aromatic heterocycles. The molecule has 1 aliphatic rings. The third-order valence-corrected chi connectivity index (χ3v) is 5.88. The van der Waals surface area contributed by atoms with Gasteiger partial charge in [-0.1, -0.05) is 35.9 Å². The number of halogens is 1. The lowest BCUT2D eigenvalue weighted by molar-refractivity contribution is -0.138. The Morgan fingerprint density at radius 2 is 1.81 bits per heavy atom. The van der Waals surface area contributed by atoms with Crippen molar-refractivity contribution in [1.82, 2.24) is 9.88 Å². The number of rotatable bonds is 4. The van der Waals surface area contributed by atoms with Gasteiger partial charge in [-0.15, -0.1) is 0 Å². The number of fused-ring (bicyclic) bond motifs is 1. The maximum Gasteiger partial charge on any atom is 0.263 e. The lowest BCUT2D eigenvalue weighted by Gasteiger charge is -2.29. The normalized spacial score (nSPS) is 14.3. The van der Waals surface area contributed by atoms with E-state index >= 15 is 0 Å². The number of piperidine rings is 1. The van der Waals surface area contributed by atoms with Gasteiger partial charge in [0.15, 0.2) is 6.10 Å². The highest BCUT2D eigenvalue weighted by Crippen LogP contribution is 2.35. The largest absolute Gasteiger partial charge is 0.481 e. The van der Waals surface area contributed by atoms with Gasteiger partial charge in [0.25, 0.3) is 5.91 Å². The van der Waals surface area contributed by atoms with Gasteiger partial charge in [0, 0.05) is 30.2 Å². The maximum absolute atomic E-state index is 12.7. The molecule has 2 N–H and O–H groups in total. The summed E-state index contributed by atoms with van der Waals surface area (Å²) in [6.07, 6.45) is 4.86. The van der Waals surface area contributed by atoms with E-state index < -0.39 is 6.10 Å². The number of nitrogens with two attached hydrogens (primary N) is 1. The zero-order chi connectivity index (χ0) is 23.1. The van der Waals surface area contributed by atoms with Gasteiger partial charge in [0.05, 0.1) is 0 Å². The van der Waals surface area contributed by atoms with E-state index in [1.807, 2.05) is 48.4 Å². The molecular weight excluding hydrogens is 426 g/mol. The Labute approximate surface area is 193 Å². The standard InChI is InChI=1S/C24H25ClN2O2.CH3NO/c1-16-8-4-5-9-19(16)22-15-26-23(25)21-14-18(10-11-20(21)22)29-17(2)24(28)27-12-6-3-7-13-27;2-1-3/h4-5,8-11,14-15,17H,3,6-7,12-13H2,1-2H3;1H,(H2,2,3). The minimum absolute atomic E-state index is 0.0441. The Kier molecular flexibility index (Phi) is 8.06. The highest BCUT2D eigenvalue weighted by molar-refractivity contribution is 6.34. The molecule has 2 heterocycles. The number of likely N-dealkylation sites (tertiary alicyclic amines) is 1. The summed E-state index contributed by atoms with van der Waals surface area (Å²) in [7, 11) is 0. The van der Waals surface area contributed by atoms with Gasteiger partial charge in [-0.3, -0.25) is 9.59 Å². The number of hydrogen-bond donors (Lipinski definition) is 1. The summed E-state index contributed by atoms with van der Waals surface area (Å²) in [6.45, 7) is 5.53. The summed E-state index contributed by atoms with van der Waals surface area (Å²) in [4.78, 5) is 27.5. The van der Waals surface area contributed by atoms with Crippen LogP contribution in [-0.2, 0) is 9.59 Å². The molecule has 2 amide bonds. The molecular formula is C25H28ClN3O3. The summed E-state index contributed by atoms with van der Waals surface area (Å²) in [5, 5.41) is 2.27. The number of amides is 2.